The van der Waals surface area contributed by atoms with Gasteiger partial charge in [-0.05, 0) is 81.4 Å². The third-order valence-corrected chi connectivity index (χ3v) is 16.4. The lowest BCUT2D eigenvalue weighted by Crippen LogP contribution is -2.77. The second-order valence-corrected chi connectivity index (χ2v) is 17.9. The second-order valence-electron chi connectivity index (χ2n) is 14.2. The molecule has 0 spiro atoms. The summed E-state index contributed by atoms with van der Waals surface area (Å²) < 4.78 is 4.92. The summed E-state index contributed by atoms with van der Waals surface area (Å²) in [4.78, 5) is 2.42. The van der Waals surface area contributed by atoms with Gasteiger partial charge < -0.3 is 14.0 Å². The van der Waals surface area contributed by atoms with Crippen LogP contribution in [0.5, 0.6) is 0 Å². The minimum absolute atomic E-state index is 1.18. The van der Waals surface area contributed by atoms with E-state index in [1.807, 2.05) is 0 Å². The molecule has 0 amide bonds. The number of para-hydroxylation sites is 4. The van der Waals surface area contributed by atoms with Gasteiger partial charge >= 0.3 is 0 Å². The van der Waals surface area contributed by atoms with E-state index in [9.17, 15) is 0 Å². The summed E-state index contributed by atoms with van der Waals surface area (Å²) in [5.41, 5.74) is 9.76. The summed E-state index contributed by atoms with van der Waals surface area (Å²) in [5.74, 6) is 0. The molecule has 0 saturated carbocycles. The lowest BCUT2D eigenvalue weighted by molar-refractivity contribution is 1.15. The standard InChI is InChI=1S/C49H35N3Si/c1-50-46-30-28-34(51-42-24-12-8-20-38(42)39-21-9-13-25-43(39)51)32-48(46)53(36-16-4-2-5-17-36,37-18-6-3-7-19-37)49-33-35(29-31-47(49)50)52-44-26-14-10-22-40(44)41-23-11-15-27-45(41)52/h2-33H,1H3. The fourth-order valence-electron chi connectivity index (χ4n) is 9.35. The number of benzene rings is 8. The molecule has 0 bridgehead atoms. The smallest absolute Gasteiger partial charge is 0.184 e. The number of nitrogens with zero attached hydrogens (tertiary/aromatic N) is 3. The molecule has 3 nitrogen and oxygen atoms in total. The highest BCUT2D eigenvalue weighted by molar-refractivity contribution is 7.21. The molecule has 1 aliphatic rings. The van der Waals surface area contributed by atoms with E-state index in [-0.39, 0.29) is 0 Å². The molecule has 0 atom stereocenters. The highest BCUT2D eigenvalue weighted by Crippen LogP contribution is 2.37. The molecule has 53 heavy (non-hydrogen) atoms. The molecule has 0 saturated heterocycles. The normalized spacial score (nSPS) is 13.5. The topological polar surface area (TPSA) is 13.1 Å². The summed E-state index contributed by atoms with van der Waals surface area (Å²) >= 11 is 0. The van der Waals surface area contributed by atoms with E-state index in [1.54, 1.807) is 0 Å². The van der Waals surface area contributed by atoms with Crippen LogP contribution < -0.4 is 25.6 Å². The Morgan fingerprint density at radius 1 is 0.340 bits per heavy atom. The predicted molar refractivity (Wildman–Crippen MR) is 227 cm³/mol. The molecule has 4 heteroatoms. The number of hydrogen-bond donors (Lipinski definition) is 0. The van der Waals surface area contributed by atoms with E-state index in [0.29, 0.717) is 0 Å². The fraction of sp³-hybridized carbons (Fsp3) is 0.0204. The first-order chi connectivity index (χ1) is 26.2. The predicted octanol–water partition coefficient (Wildman–Crippen LogP) is 9.34. The molecular formula is C49H35N3Si. The number of hydrogen-bond acceptors (Lipinski definition) is 1. The Bertz CT molecular complexity index is 2720. The highest BCUT2D eigenvalue weighted by atomic mass is 28.3. The maximum absolute atomic E-state index is 2.94. The van der Waals surface area contributed by atoms with E-state index in [0.717, 1.165) is 0 Å². The van der Waals surface area contributed by atoms with Crippen molar-refractivity contribution in [1.82, 2.24) is 9.13 Å². The molecular weight excluding hydrogens is 659 g/mol. The minimum atomic E-state index is -2.94. The van der Waals surface area contributed by atoms with E-state index in [1.165, 1.54) is 87.1 Å². The van der Waals surface area contributed by atoms with Gasteiger partial charge in [-0.25, -0.2) is 0 Å². The zero-order valence-corrected chi connectivity index (χ0v) is 30.3. The molecule has 250 valence electrons. The average Bonchev–Trinajstić information content (AvgIpc) is 3.75. The van der Waals surface area contributed by atoms with E-state index < -0.39 is 8.07 Å². The zero-order chi connectivity index (χ0) is 35.1. The number of fused-ring (bicyclic) bond motifs is 8. The van der Waals surface area contributed by atoms with Gasteiger partial charge in [0.25, 0.3) is 0 Å². The van der Waals surface area contributed by atoms with Crippen molar-refractivity contribution in [2.45, 2.75) is 0 Å². The lowest BCUT2D eigenvalue weighted by atomic mass is 10.2. The number of aromatic nitrogens is 2. The van der Waals surface area contributed by atoms with Crippen molar-refractivity contribution in [3.63, 3.8) is 0 Å². The molecule has 8 aromatic carbocycles. The van der Waals surface area contributed by atoms with Gasteiger partial charge in [0, 0.05) is 51.3 Å². The third kappa shape index (κ3) is 4.15. The van der Waals surface area contributed by atoms with Gasteiger partial charge in [-0.15, -0.1) is 0 Å². The number of rotatable bonds is 4. The molecule has 2 aromatic heterocycles. The third-order valence-electron chi connectivity index (χ3n) is 11.6. The van der Waals surface area contributed by atoms with Crippen LogP contribution in [-0.4, -0.2) is 24.3 Å². The Hall–Kier alpha value is -6.62. The van der Waals surface area contributed by atoms with Gasteiger partial charge in [-0.3, -0.25) is 0 Å². The average molecular weight is 694 g/mol. The van der Waals surface area contributed by atoms with Crippen molar-refractivity contribution in [3.8, 4) is 11.4 Å². The van der Waals surface area contributed by atoms with Gasteiger partial charge in [0.2, 0.25) is 0 Å². The van der Waals surface area contributed by atoms with Gasteiger partial charge in [0.1, 0.15) is 0 Å². The molecule has 0 unspecified atom stereocenters. The first-order valence-electron chi connectivity index (χ1n) is 18.3. The van der Waals surface area contributed by atoms with Crippen LogP contribution in [0.4, 0.5) is 11.4 Å². The molecule has 0 fully saturated rings. The Kier molecular flexibility index (Phi) is 6.49. The summed E-state index contributed by atoms with van der Waals surface area (Å²) in [5, 5.41) is 10.6. The maximum atomic E-state index is 2.52. The van der Waals surface area contributed by atoms with Crippen LogP contribution in [0.15, 0.2) is 194 Å². The molecule has 0 aliphatic carbocycles. The summed E-state index contributed by atoms with van der Waals surface area (Å²) in [6.07, 6.45) is 0. The SMILES string of the molecule is CN1c2ccc(-n3c4ccccc4c4ccccc43)cc2[Si](c2ccccc2)(c2ccccc2)c2cc(-n3c4ccccc4c4ccccc43)ccc21. The Labute approximate surface area is 309 Å². The van der Waals surface area contributed by atoms with Crippen LogP contribution in [0, 0.1) is 0 Å². The van der Waals surface area contributed by atoms with Crippen LogP contribution >= 0.6 is 0 Å². The van der Waals surface area contributed by atoms with Crippen LogP contribution in [0.3, 0.4) is 0 Å². The summed E-state index contributed by atoms with van der Waals surface area (Å²) in [6, 6.07) is 72.3. The van der Waals surface area contributed by atoms with Crippen LogP contribution in [0.1, 0.15) is 0 Å². The van der Waals surface area contributed by atoms with Crippen LogP contribution in [0.2, 0.25) is 0 Å². The largest absolute Gasteiger partial charge is 0.345 e. The van der Waals surface area contributed by atoms with Crippen molar-refractivity contribution in [1.29, 1.82) is 0 Å². The van der Waals surface area contributed by atoms with Gasteiger partial charge in [0.05, 0.1) is 22.1 Å². The maximum Gasteiger partial charge on any atom is 0.184 e. The van der Waals surface area contributed by atoms with E-state index >= 15 is 0 Å². The Balaban J connectivity index is 1.27. The van der Waals surface area contributed by atoms with Crippen molar-refractivity contribution in [3.05, 3.63) is 194 Å². The molecule has 11 rings (SSSR count). The highest BCUT2D eigenvalue weighted by Gasteiger charge is 2.48. The number of anilines is 2. The first kappa shape index (κ1) is 30.0. The first-order valence-corrected chi connectivity index (χ1v) is 20.3. The van der Waals surface area contributed by atoms with Crippen molar-refractivity contribution in [2.24, 2.45) is 0 Å². The second kappa shape index (κ2) is 11.4. The lowest BCUT2D eigenvalue weighted by Gasteiger charge is -2.44. The molecule has 3 heterocycles. The van der Waals surface area contributed by atoms with Gasteiger partial charge in [-0.2, -0.15) is 0 Å². The van der Waals surface area contributed by atoms with Crippen molar-refractivity contribution < 1.29 is 0 Å². The van der Waals surface area contributed by atoms with Gasteiger partial charge in [0.15, 0.2) is 8.07 Å². The molecule has 1 aliphatic heterocycles. The zero-order valence-electron chi connectivity index (χ0n) is 29.3. The van der Waals surface area contributed by atoms with E-state index in [4.69, 9.17) is 0 Å². The van der Waals surface area contributed by atoms with Crippen molar-refractivity contribution >= 4 is 83.8 Å². The summed E-state index contributed by atoms with van der Waals surface area (Å²) in [7, 11) is -0.702. The molecule has 0 N–H and O–H groups in total. The van der Waals surface area contributed by atoms with Gasteiger partial charge in [-0.1, -0.05) is 133 Å². The monoisotopic (exact) mass is 693 g/mol. The van der Waals surface area contributed by atoms with E-state index in [2.05, 4.69) is 215 Å². The van der Waals surface area contributed by atoms with Crippen LogP contribution in [0.25, 0.3) is 55.0 Å². The van der Waals surface area contributed by atoms with Crippen molar-refractivity contribution in [2.75, 3.05) is 11.9 Å². The fourth-order valence-corrected chi connectivity index (χ4v) is 14.6. The molecule has 0 radical (unpaired) electrons. The Morgan fingerprint density at radius 3 is 1.02 bits per heavy atom. The summed E-state index contributed by atoms with van der Waals surface area (Å²) in [6.45, 7) is 0. The minimum Gasteiger partial charge on any atom is -0.345 e. The molecule has 10 aromatic rings. The quantitative estimate of drug-likeness (QED) is 0.168. The Morgan fingerprint density at radius 2 is 0.660 bits per heavy atom. The van der Waals surface area contributed by atoms with Crippen LogP contribution in [-0.2, 0) is 0 Å².